The average molecular weight is 369 g/mol. The van der Waals surface area contributed by atoms with Crippen LogP contribution in [0.25, 0.3) is 0 Å². The number of nitrogens with one attached hydrogen (secondary N) is 1. The summed E-state index contributed by atoms with van der Waals surface area (Å²) >= 11 is 6.02. The first-order chi connectivity index (χ1) is 12.7. The molecule has 26 heavy (non-hydrogen) atoms. The Balaban J connectivity index is 1.71. The number of pyridine rings is 1. The molecule has 2 aromatic rings. The summed E-state index contributed by atoms with van der Waals surface area (Å²) in [7, 11) is 0. The molecule has 0 spiro atoms. The molecule has 1 aromatic heterocycles. The molecule has 2 heterocycles. The van der Waals surface area contributed by atoms with Gasteiger partial charge in [-0.2, -0.15) is 5.26 Å². The van der Waals surface area contributed by atoms with Crippen molar-refractivity contribution in [1.29, 1.82) is 5.26 Å². The van der Waals surface area contributed by atoms with E-state index in [-0.39, 0.29) is 11.9 Å². The normalized spacial score (nSPS) is 15.8. The van der Waals surface area contributed by atoms with Crippen LogP contribution in [-0.2, 0) is 0 Å². The Bertz CT molecular complexity index is 777. The summed E-state index contributed by atoms with van der Waals surface area (Å²) in [4.78, 5) is 18.8. The van der Waals surface area contributed by atoms with Crippen molar-refractivity contribution in [1.82, 2.24) is 15.2 Å². The molecule has 3 rings (SSSR count). The van der Waals surface area contributed by atoms with Crippen molar-refractivity contribution in [3.63, 3.8) is 0 Å². The van der Waals surface area contributed by atoms with Crippen LogP contribution in [0.2, 0.25) is 5.02 Å². The number of piperidine rings is 1. The van der Waals surface area contributed by atoms with Crippen molar-refractivity contribution >= 4 is 17.5 Å². The lowest BCUT2D eigenvalue weighted by molar-refractivity contribution is 0.0924. The first-order valence-electron chi connectivity index (χ1n) is 8.81. The minimum atomic E-state index is -0.182. The average Bonchev–Trinajstić information content (AvgIpc) is 2.70. The molecule has 0 radical (unpaired) electrons. The second-order valence-corrected chi connectivity index (χ2v) is 6.85. The van der Waals surface area contributed by atoms with Crippen molar-refractivity contribution in [3.05, 3.63) is 64.4 Å². The lowest BCUT2D eigenvalue weighted by Crippen LogP contribution is -2.40. The SMILES string of the molecule is N#Cc1ccc(C(=O)NCC(c2ccc(Cl)cc2)N2CCCCC2)cn1. The highest BCUT2D eigenvalue weighted by Crippen LogP contribution is 2.25. The summed E-state index contributed by atoms with van der Waals surface area (Å²) in [5.74, 6) is -0.182. The van der Waals surface area contributed by atoms with Gasteiger partial charge < -0.3 is 5.32 Å². The van der Waals surface area contributed by atoms with E-state index >= 15 is 0 Å². The van der Waals surface area contributed by atoms with Crippen LogP contribution < -0.4 is 5.32 Å². The van der Waals surface area contributed by atoms with Crippen LogP contribution in [0, 0.1) is 11.3 Å². The number of likely N-dealkylation sites (tertiary alicyclic amines) is 1. The van der Waals surface area contributed by atoms with Gasteiger partial charge in [0.05, 0.1) is 11.6 Å². The van der Waals surface area contributed by atoms with Gasteiger partial charge in [-0.1, -0.05) is 30.2 Å². The predicted octanol–water partition coefficient (Wildman–Crippen LogP) is 3.56. The maximum atomic E-state index is 12.4. The number of carbonyl (C=O) groups is 1. The number of amides is 1. The lowest BCUT2D eigenvalue weighted by atomic mass is 10.0. The first-order valence-corrected chi connectivity index (χ1v) is 9.19. The smallest absolute Gasteiger partial charge is 0.252 e. The fourth-order valence-electron chi connectivity index (χ4n) is 3.26. The topological polar surface area (TPSA) is 69.0 Å². The van der Waals surface area contributed by atoms with E-state index in [1.54, 1.807) is 12.1 Å². The third kappa shape index (κ3) is 4.60. The van der Waals surface area contributed by atoms with Gasteiger partial charge in [0.25, 0.3) is 5.91 Å². The molecule has 1 aromatic carbocycles. The van der Waals surface area contributed by atoms with E-state index in [0.717, 1.165) is 18.7 Å². The van der Waals surface area contributed by atoms with Crippen LogP contribution in [0.5, 0.6) is 0 Å². The van der Waals surface area contributed by atoms with Gasteiger partial charge in [-0.25, -0.2) is 4.98 Å². The fourth-order valence-corrected chi connectivity index (χ4v) is 3.38. The van der Waals surface area contributed by atoms with E-state index in [9.17, 15) is 4.79 Å². The Hall–Kier alpha value is -2.42. The Kier molecular flexibility index (Phi) is 6.21. The zero-order valence-corrected chi connectivity index (χ0v) is 15.2. The molecular weight excluding hydrogens is 348 g/mol. The van der Waals surface area contributed by atoms with Crippen molar-refractivity contribution in [2.45, 2.75) is 25.3 Å². The van der Waals surface area contributed by atoms with Gasteiger partial charge in [-0.3, -0.25) is 9.69 Å². The van der Waals surface area contributed by atoms with Crippen LogP contribution in [0.3, 0.4) is 0 Å². The summed E-state index contributed by atoms with van der Waals surface area (Å²) in [5, 5.41) is 12.5. The molecule has 134 valence electrons. The van der Waals surface area contributed by atoms with Gasteiger partial charge in [0.15, 0.2) is 0 Å². The second-order valence-electron chi connectivity index (χ2n) is 6.42. The minimum Gasteiger partial charge on any atom is -0.350 e. The number of benzene rings is 1. The molecule has 5 nitrogen and oxygen atoms in total. The van der Waals surface area contributed by atoms with E-state index < -0.39 is 0 Å². The highest BCUT2D eigenvalue weighted by atomic mass is 35.5. The van der Waals surface area contributed by atoms with Crippen molar-refractivity contribution < 1.29 is 4.79 Å². The maximum absolute atomic E-state index is 12.4. The molecule has 6 heteroatoms. The monoisotopic (exact) mass is 368 g/mol. The van der Waals surface area contributed by atoms with E-state index in [0.29, 0.717) is 22.8 Å². The molecule has 1 atom stereocenters. The number of hydrogen-bond acceptors (Lipinski definition) is 4. The zero-order valence-electron chi connectivity index (χ0n) is 14.5. The Morgan fingerprint density at radius 2 is 1.92 bits per heavy atom. The van der Waals surface area contributed by atoms with Gasteiger partial charge >= 0.3 is 0 Å². The quantitative estimate of drug-likeness (QED) is 0.876. The first kappa shape index (κ1) is 18.4. The third-order valence-corrected chi connectivity index (χ3v) is 4.93. The molecule has 0 bridgehead atoms. The molecule has 1 aliphatic heterocycles. The van der Waals surface area contributed by atoms with Crippen LogP contribution >= 0.6 is 11.6 Å². The number of carbonyl (C=O) groups excluding carboxylic acids is 1. The molecule has 0 saturated carbocycles. The van der Waals surface area contributed by atoms with Crippen LogP contribution in [0.15, 0.2) is 42.6 Å². The second kappa shape index (κ2) is 8.79. The van der Waals surface area contributed by atoms with Crippen molar-refractivity contribution in [3.8, 4) is 6.07 Å². The van der Waals surface area contributed by atoms with Crippen LogP contribution in [0.4, 0.5) is 0 Å². The largest absolute Gasteiger partial charge is 0.350 e. The summed E-state index contributed by atoms with van der Waals surface area (Å²) in [6, 6.07) is 13.1. The minimum absolute atomic E-state index is 0.114. The molecule has 1 fully saturated rings. The fraction of sp³-hybridized carbons (Fsp3) is 0.350. The van der Waals surface area contributed by atoms with E-state index in [4.69, 9.17) is 16.9 Å². The number of halogens is 1. The number of hydrogen-bond donors (Lipinski definition) is 1. The van der Waals surface area contributed by atoms with Gasteiger partial charge in [0, 0.05) is 17.8 Å². The molecule has 1 unspecified atom stereocenters. The van der Waals surface area contributed by atoms with Gasteiger partial charge in [0.1, 0.15) is 11.8 Å². The predicted molar refractivity (Wildman–Crippen MR) is 101 cm³/mol. The van der Waals surface area contributed by atoms with Crippen LogP contribution in [-0.4, -0.2) is 35.4 Å². The summed E-state index contributed by atoms with van der Waals surface area (Å²) < 4.78 is 0. The molecule has 1 N–H and O–H groups in total. The summed E-state index contributed by atoms with van der Waals surface area (Å²) in [5.41, 5.74) is 1.90. The van der Waals surface area contributed by atoms with Gasteiger partial charge in [0.2, 0.25) is 0 Å². The molecule has 1 aliphatic rings. The number of nitriles is 1. The standard InChI is InChI=1S/C20H21ClN4O/c21-17-7-4-15(5-8-17)19(25-10-2-1-3-11-25)14-24-20(26)16-6-9-18(12-22)23-13-16/h4-9,13,19H,1-3,10-11,14H2,(H,24,26). The zero-order chi connectivity index (χ0) is 18.4. The van der Waals surface area contributed by atoms with Crippen LogP contribution in [0.1, 0.15) is 46.9 Å². The Labute approximate surface area is 158 Å². The number of nitrogens with zero attached hydrogens (tertiary/aromatic N) is 3. The maximum Gasteiger partial charge on any atom is 0.252 e. The highest BCUT2D eigenvalue weighted by Gasteiger charge is 2.23. The summed E-state index contributed by atoms with van der Waals surface area (Å²) in [6.45, 7) is 2.57. The van der Waals surface area contributed by atoms with Gasteiger partial charge in [-0.05, 0) is 55.8 Å². The van der Waals surface area contributed by atoms with E-state index in [1.807, 2.05) is 30.3 Å². The third-order valence-electron chi connectivity index (χ3n) is 4.68. The van der Waals surface area contributed by atoms with Crippen molar-refractivity contribution in [2.24, 2.45) is 0 Å². The Morgan fingerprint density at radius 3 is 2.54 bits per heavy atom. The van der Waals surface area contributed by atoms with E-state index in [1.165, 1.54) is 25.5 Å². The van der Waals surface area contributed by atoms with E-state index in [2.05, 4.69) is 15.2 Å². The van der Waals surface area contributed by atoms with Gasteiger partial charge in [-0.15, -0.1) is 0 Å². The van der Waals surface area contributed by atoms with Crippen molar-refractivity contribution in [2.75, 3.05) is 19.6 Å². The summed E-state index contributed by atoms with van der Waals surface area (Å²) in [6.07, 6.45) is 5.05. The number of rotatable bonds is 5. The molecule has 0 aliphatic carbocycles. The Morgan fingerprint density at radius 1 is 1.19 bits per heavy atom. The lowest BCUT2D eigenvalue weighted by Gasteiger charge is -2.35. The molecule has 1 saturated heterocycles. The highest BCUT2D eigenvalue weighted by molar-refractivity contribution is 6.30. The number of aromatic nitrogens is 1. The molecular formula is C20H21ClN4O. The molecule has 1 amide bonds.